The number of likely N-dealkylation sites (tertiary alicyclic amines) is 1. The van der Waals surface area contributed by atoms with Gasteiger partial charge in [-0.2, -0.15) is 5.10 Å². The average Bonchev–Trinajstić information content (AvgIpc) is 3.07. The molecule has 0 amide bonds. The van der Waals surface area contributed by atoms with Gasteiger partial charge in [-0.15, -0.1) is 0 Å². The summed E-state index contributed by atoms with van der Waals surface area (Å²) in [6.45, 7) is 1.07. The van der Waals surface area contributed by atoms with Crippen LogP contribution >= 0.6 is 11.6 Å². The van der Waals surface area contributed by atoms with E-state index in [0.29, 0.717) is 24.5 Å². The Morgan fingerprint density at radius 3 is 2.86 bits per heavy atom. The highest BCUT2D eigenvalue weighted by Gasteiger charge is 2.35. The Morgan fingerprint density at radius 1 is 1.45 bits per heavy atom. The van der Waals surface area contributed by atoms with Crippen LogP contribution in [0, 0.1) is 0 Å². The van der Waals surface area contributed by atoms with E-state index in [1.165, 1.54) is 0 Å². The highest BCUT2D eigenvalue weighted by molar-refractivity contribution is 6.30. The number of H-pyrrole nitrogens is 1. The van der Waals surface area contributed by atoms with E-state index in [-0.39, 0.29) is 6.04 Å². The van der Waals surface area contributed by atoms with E-state index in [1.54, 1.807) is 6.20 Å². The zero-order chi connectivity index (χ0) is 15.7. The second kappa shape index (κ2) is 6.08. The molecule has 1 fully saturated rings. The Morgan fingerprint density at radius 2 is 2.18 bits per heavy atom. The first-order valence-corrected chi connectivity index (χ1v) is 7.43. The lowest BCUT2D eigenvalue weighted by molar-refractivity contribution is -0.142. The van der Waals surface area contributed by atoms with E-state index in [0.717, 1.165) is 16.8 Å². The maximum absolute atomic E-state index is 11.3. The van der Waals surface area contributed by atoms with E-state index in [1.807, 2.05) is 29.2 Å². The molecule has 0 bridgehead atoms. The second-order valence-corrected chi connectivity index (χ2v) is 5.99. The molecule has 7 heteroatoms. The first-order chi connectivity index (χ1) is 10.5. The van der Waals surface area contributed by atoms with Gasteiger partial charge in [-0.3, -0.25) is 14.8 Å². The van der Waals surface area contributed by atoms with Crippen LogP contribution in [-0.4, -0.2) is 44.8 Å². The number of nitrogens with two attached hydrogens (primary N) is 1. The smallest absolute Gasteiger partial charge is 0.320 e. The molecule has 1 aromatic carbocycles. The van der Waals surface area contributed by atoms with E-state index in [2.05, 4.69) is 10.2 Å². The number of aliphatic carboxylic acids is 1. The van der Waals surface area contributed by atoms with Crippen LogP contribution in [0.2, 0.25) is 5.02 Å². The molecule has 0 radical (unpaired) electrons. The van der Waals surface area contributed by atoms with Crippen molar-refractivity contribution >= 4 is 17.6 Å². The number of nitrogens with zero attached hydrogens (tertiary/aromatic N) is 2. The van der Waals surface area contributed by atoms with E-state index in [9.17, 15) is 9.90 Å². The van der Waals surface area contributed by atoms with Crippen LogP contribution in [0.4, 0.5) is 0 Å². The number of nitrogens with one attached hydrogen (secondary N) is 1. The zero-order valence-electron chi connectivity index (χ0n) is 11.9. The van der Waals surface area contributed by atoms with Crippen molar-refractivity contribution in [2.24, 2.45) is 5.73 Å². The lowest BCUT2D eigenvalue weighted by Crippen LogP contribution is -2.35. The molecule has 4 N–H and O–H groups in total. The first kappa shape index (κ1) is 15.0. The molecule has 1 aliphatic heterocycles. The van der Waals surface area contributed by atoms with Crippen molar-refractivity contribution in [1.29, 1.82) is 0 Å². The monoisotopic (exact) mass is 320 g/mol. The standard InChI is InChI=1S/C15H17ClN4O2/c16-11-3-1-9(2-4-11)14-10(6-18-19-14)7-20-8-12(17)5-13(20)15(21)22/h1-4,6,12-13H,5,7-8,17H2,(H,18,19)(H,21,22)/t12-,13-/m0/s1. The molecule has 116 valence electrons. The van der Waals surface area contributed by atoms with E-state index >= 15 is 0 Å². The molecule has 6 nitrogen and oxygen atoms in total. The third-order valence-electron chi connectivity index (χ3n) is 3.95. The van der Waals surface area contributed by atoms with Gasteiger partial charge in [-0.25, -0.2) is 0 Å². The topological polar surface area (TPSA) is 95.2 Å². The van der Waals surface area contributed by atoms with Crippen molar-refractivity contribution in [1.82, 2.24) is 15.1 Å². The number of aromatic amines is 1. The van der Waals surface area contributed by atoms with Crippen molar-refractivity contribution in [3.63, 3.8) is 0 Å². The summed E-state index contributed by atoms with van der Waals surface area (Å²) < 4.78 is 0. The molecule has 0 aliphatic carbocycles. The van der Waals surface area contributed by atoms with Gasteiger partial charge in [0.2, 0.25) is 0 Å². The molecule has 1 aromatic heterocycles. The molecule has 2 heterocycles. The highest BCUT2D eigenvalue weighted by atomic mass is 35.5. The van der Waals surface area contributed by atoms with Crippen molar-refractivity contribution in [3.05, 3.63) is 41.0 Å². The number of hydrogen-bond acceptors (Lipinski definition) is 4. The van der Waals surface area contributed by atoms with Crippen LogP contribution in [0.3, 0.4) is 0 Å². The minimum atomic E-state index is -0.829. The van der Waals surface area contributed by atoms with Gasteiger partial charge in [-0.1, -0.05) is 23.7 Å². The lowest BCUT2D eigenvalue weighted by Gasteiger charge is -2.20. The van der Waals surface area contributed by atoms with Gasteiger partial charge < -0.3 is 10.8 Å². The summed E-state index contributed by atoms with van der Waals surface area (Å²) in [6.07, 6.45) is 2.20. The third-order valence-corrected chi connectivity index (χ3v) is 4.20. The zero-order valence-corrected chi connectivity index (χ0v) is 12.6. The summed E-state index contributed by atoms with van der Waals surface area (Å²) in [5, 5.41) is 17.0. The fourth-order valence-corrected chi connectivity index (χ4v) is 3.01. The molecule has 0 spiro atoms. The van der Waals surface area contributed by atoms with Crippen LogP contribution in [0.15, 0.2) is 30.5 Å². The molecular weight excluding hydrogens is 304 g/mol. The Hall–Kier alpha value is -1.89. The van der Waals surface area contributed by atoms with Gasteiger partial charge in [0, 0.05) is 29.7 Å². The van der Waals surface area contributed by atoms with E-state index in [4.69, 9.17) is 17.3 Å². The number of carboxylic acid groups (broad SMARTS) is 1. The Labute approximate surface area is 132 Å². The molecule has 0 unspecified atom stereocenters. The lowest BCUT2D eigenvalue weighted by atomic mass is 10.1. The number of aromatic nitrogens is 2. The SMILES string of the molecule is N[C@H]1C[C@@H](C(=O)O)N(Cc2cn[nH]c2-c2ccc(Cl)cc2)C1. The van der Waals surface area contributed by atoms with Gasteiger partial charge in [0.1, 0.15) is 6.04 Å². The van der Waals surface area contributed by atoms with Crippen molar-refractivity contribution in [2.45, 2.75) is 25.0 Å². The number of carbonyl (C=O) groups is 1. The summed E-state index contributed by atoms with van der Waals surface area (Å²) in [6, 6.07) is 6.80. The Balaban J connectivity index is 1.83. The van der Waals surface area contributed by atoms with Gasteiger partial charge in [0.25, 0.3) is 0 Å². The fourth-order valence-electron chi connectivity index (χ4n) is 2.89. The van der Waals surface area contributed by atoms with Gasteiger partial charge >= 0.3 is 5.97 Å². The largest absolute Gasteiger partial charge is 0.480 e. The maximum Gasteiger partial charge on any atom is 0.320 e. The quantitative estimate of drug-likeness (QED) is 0.797. The predicted molar refractivity (Wildman–Crippen MR) is 83.5 cm³/mol. The fraction of sp³-hybridized carbons (Fsp3) is 0.333. The molecular formula is C15H17ClN4O2. The Bertz CT molecular complexity index is 670. The molecule has 0 saturated carbocycles. The minimum Gasteiger partial charge on any atom is -0.480 e. The normalized spacial score (nSPS) is 22.1. The van der Waals surface area contributed by atoms with Crippen molar-refractivity contribution in [2.75, 3.05) is 6.54 Å². The summed E-state index contributed by atoms with van der Waals surface area (Å²) in [4.78, 5) is 13.2. The molecule has 1 saturated heterocycles. The number of rotatable bonds is 4. The van der Waals surface area contributed by atoms with Crippen molar-refractivity contribution < 1.29 is 9.90 Å². The summed E-state index contributed by atoms with van der Waals surface area (Å²) >= 11 is 5.91. The van der Waals surface area contributed by atoms with Gasteiger partial charge in [0.05, 0.1) is 11.9 Å². The maximum atomic E-state index is 11.3. The highest BCUT2D eigenvalue weighted by Crippen LogP contribution is 2.26. The molecule has 22 heavy (non-hydrogen) atoms. The molecule has 3 rings (SSSR count). The number of hydrogen-bond donors (Lipinski definition) is 3. The summed E-state index contributed by atoms with van der Waals surface area (Å²) in [5.74, 6) is -0.829. The number of halogens is 1. The van der Waals surface area contributed by atoms with Crippen LogP contribution in [0.1, 0.15) is 12.0 Å². The average molecular weight is 321 g/mol. The third kappa shape index (κ3) is 2.99. The molecule has 1 aliphatic rings. The first-order valence-electron chi connectivity index (χ1n) is 7.05. The number of carboxylic acids is 1. The predicted octanol–water partition coefficient (Wildman–Crippen LogP) is 1.72. The molecule has 2 atom stereocenters. The Kier molecular flexibility index (Phi) is 4.15. The van der Waals surface area contributed by atoms with Crippen LogP contribution < -0.4 is 5.73 Å². The summed E-state index contributed by atoms with van der Waals surface area (Å²) in [7, 11) is 0. The van der Waals surface area contributed by atoms with Crippen molar-refractivity contribution in [3.8, 4) is 11.3 Å². The van der Waals surface area contributed by atoms with Crippen LogP contribution in [0.25, 0.3) is 11.3 Å². The minimum absolute atomic E-state index is 0.105. The van der Waals surface area contributed by atoms with Crippen LogP contribution in [0.5, 0.6) is 0 Å². The second-order valence-electron chi connectivity index (χ2n) is 5.56. The van der Waals surface area contributed by atoms with Crippen LogP contribution in [-0.2, 0) is 11.3 Å². The number of benzene rings is 1. The van der Waals surface area contributed by atoms with E-state index < -0.39 is 12.0 Å². The van der Waals surface area contributed by atoms with Gasteiger partial charge in [0.15, 0.2) is 0 Å². The van der Waals surface area contributed by atoms with Gasteiger partial charge in [-0.05, 0) is 24.1 Å². The summed E-state index contributed by atoms with van der Waals surface area (Å²) in [5.41, 5.74) is 8.69. The molecule has 2 aromatic rings.